The van der Waals surface area contributed by atoms with Crippen molar-refractivity contribution in [1.29, 1.82) is 0 Å². The van der Waals surface area contributed by atoms with E-state index >= 15 is 0 Å². The lowest BCUT2D eigenvalue weighted by Gasteiger charge is -2.16. The van der Waals surface area contributed by atoms with Crippen molar-refractivity contribution in [2.75, 3.05) is 0 Å². The van der Waals surface area contributed by atoms with E-state index in [0.29, 0.717) is 11.6 Å². The standard InChI is InChI=1S/C15H21F2N/c1-9(10-6-11(16)8-12(17)7-10)18-13-14(2,3)15(13,4)5/h6-9,13,18H,1-5H3. The third-order valence-electron chi connectivity index (χ3n) is 4.82. The van der Waals surface area contributed by atoms with Gasteiger partial charge in [-0.1, -0.05) is 27.7 Å². The highest BCUT2D eigenvalue weighted by Crippen LogP contribution is 2.63. The van der Waals surface area contributed by atoms with Crippen molar-refractivity contribution in [3.8, 4) is 0 Å². The van der Waals surface area contributed by atoms with Gasteiger partial charge in [-0.3, -0.25) is 0 Å². The Labute approximate surface area is 108 Å². The van der Waals surface area contributed by atoms with Gasteiger partial charge in [0.15, 0.2) is 0 Å². The molecule has 1 aliphatic carbocycles. The highest BCUT2D eigenvalue weighted by Gasteiger charge is 2.64. The summed E-state index contributed by atoms with van der Waals surface area (Å²) in [6.07, 6.45) is 0. The first-order chi connectivity index (χ1) is 8.16. The average Bonchev–Trinajstić information content (AvgIpc) is 2.59. The van der Waals surface area contributed by atoms with E-state index in [9.17, 15) is 8.78 Å². The van der Waals surface area contributed by atoms with Crippen LogP contribution < -0.4 is 5.32 Å². The molecule has 3 heteroatoms. The summed E-state index contributed by atoms with van der Waals surface area (Å²) in [5, 5.41) is 3.47. The molecule has 1 atom stereocenters. The van der Waals surface area contributed by atoms with Crippen LogP contribution in [-0.4, -0.2) is 6.04 Å². The fraction of sp³-hybridized carbons (Fsp3) is 0.600. The van der Waals surface area contributed by atoms with Crippen LogP contribution in [0.1, 0.15) is 46.2 Å². The number of hydrogen-bond donors (Lipinski definition) is 1. The Morgan fingerprint density at radius 2 is 1.44 bits per heavy atom. The molecule has 0 aliphatic heterocycles. The first kappa shape index (κ1) is 13.5. The van der Waals surface area contributed by atoms with Gasteiger partial charge >= 0.3 is 0 Å². The molecule has 1 nitrogen and oxygen atoms in total. The highest BCUT2D eigenvalue weighted by atomic mass is 19.1. The Morgan fingerprint density at radius 3 is 1.83 bits per heavy atom. The first-order valence-corrected chi connectivity index (χ1v) is 6.38. The first-order valence-electron chi connectivity index (χ1n) is 6.38. The van der Waals surface area contributed by atoms with E-state index in [-0.39, 0.29) is 16.9 Å². The average molecular weight is 253 g/mol. The molecular weight excluding hydrogens is 232 g/mol. The summed E-state index contributed by atoms with van der Waals surface area (Å²) in [4.78, 5) is 0. The molecule has 0 spiro atoms. The molecule has 0 bridgehead atoms. The summed E-state index contributed by atoms with van der Waals surface area (Å²) in [6.45, 7) is 10.8. The molecule has 0 radical (unpaired) electrons. The van der Waals surface area contributed by atoms with Crippen molar-refractivity contribution in [3.63, 3.8) is 0 Å². The summed E-state index contributed by atoms with van der Waals surface area (Å²) in [5.74, 6) is -1.04. The van der Waals surface area contributed by atoms with E-state index in [0.717, 1.165) is 6.07 Å². The van der Waals surface area contributed by atoms with E-state index in [2.05, 4.69) is 33.0 Å². The smallest absolute Gasteiger partial charge is 0.126 e. The Morgan fingerprint density at radius 1 is 1.00 bits per heavy atom. The zero-order valence-electron chi connectivity index (χ0n) is 11.6. The lowest BCUT2D eigenvalue weighted by molar-refractivity contribution is 0.457. The minimum Gasteiger partial charge on any atom is -0.306 e. The lowest BCUT2D eigenvalue weighted by atomic mass is 10.0. The summed E-state index contributed by atoms with van der Waals surface area (Å²) in [5.41, 5.74) is 1.09. The number of nitrogens with one attached hydrogen (secondary N) is 1. The predicted molar refractivity (Wildman–Crippen MR) is 69.3 cm³/mol. The van der Waals surface area contributed by atoms with Gasteiger partial charge in [0.25, 0.3) is 0 Å². The number of rotatable bonds is 3. The topological polar surface area (TPSA) is 12.0 Å². The Kier molecular flexibility index (Phi) is 3.01. The molecule has 1 aromatic carbocycles. The van der Waals surface area contributed by atoms with Gasteiger partial charge in [-0.2, -0.15) is 0 Å². The number of halogens is 2. The van der Waals surface area contributed by atoms with Crippen molar-refractivity contribution in [1.82, 2.24) is 5.32 Å². The summed E-state index contributed by atoms with van der Waals surface area (Å²) < 4.78 is 26.4. The van der Waals surface area contributed by atoms with Crippen LogP contribution in [0, 0.1) is 22.5 Å². The van der Waals surface area contributed by atoms with Crippen LogP contribution >= 0.6 is 0 Å². The van der Waals surface area contributed by atoms with E-state index in [1.165, 1.54) is 12.1 Å². The minimum absolute atomic E-state index is 0.0544. The van der Waals surface area contributed by atoms with Crippen molar-refractivity contribution in [2.24, 2.45) is 10.8 Å². The van der Waals surface area contributed by atoms with Gasteiger partial charge in [0.05, 0.1) is 0 Å². The second kappa shape index (κ2) is 4.02. The van der Waals surface area contributed by atoms with Gasteiger partial charge in [0.2, 0.25) is 0 Å². The van der Waals surface area contributed by atoms with Gasteiger partial charge in [0.1, 0.15) is 11.6 Å². The second-order valence-corrected chi connectivity index (χ2v) is 6.47. The molecule has 100 valence electrons. The van der Waals surface area contributed by atoms with Crippen molar-refractivity contribution in [2.45, 2.75) is 46.7 Å². The van der Waals surface area contributed by atoms with Crippen LogP contribution in [0.5, 0.6) is 0 Å². The van der Waals surface area contributed by atoms with Gasteiger partial charge < -0.3 is 5.32 Å². The molecule has 1 N–H and O–H groups in total. The van der Waals surface area contributed by atoms with Crippen LogP contribution in [0.15, 0.2) is 18.2 Å². The Bertz CT molecular complexity index is 431. The van der Waals surface area contributed by atoms with Crippen LogP contribution in [0.4, 0.5) is 8.78 Å². The molecule has 1 fully saturated rings. The zero-order chi connectivity index (χ0) is 13.7. The molecule has 1 unspecified atom stereocenters. The molecule has 2 rings (SSSR count). The Hall–Kier alpha value is -0.960. The third kappa shape index (κ3) is 2.05. The van der Waals surface area contributed by atoms with Crippen LogP contribution in [0.3, 0.4) is 0 Å². The van der Waals surface area contributed by atoms with Crippen molar-refractivity contribution in [3.05, 3.63) is 35.4 Å². The van der Waals surface area contributed by atoms with Gasteiger partial charge in [-0.25, -0.2) is 8.78 Å². The fourth-order valence-electron chi connectivity index (χ4n) is 2.78. The molecule has 1 aliphatic rings. The molecule has 18 heavy (non-hydrogen) atoms. The maximum Gasteiger partial charge on any atom is 0.126 e. The quantitative estimate of drug-likeness (QED) is 0.857. The van der Waals surface area contributed by atoms with E-state index < -0.39 is 11.6 Å². The highest BCUT2D eigenvalue weighted by molar-refractivity contribution is 5.24. The largest absolute Gasteiger partial charge is 0.306 e. The predicted octanol–water partition coefficient (Wildman–Crippen LogP) is 4.05. The molecule has 1 saturated carbocycles. The summed E-state index contributed by atoms with van der Waals surface area (Å²) in [7, 11) is 0. The lowest BCUT2D eigenvalue weighted by Crippen LogP contribution is -2.26. The maximum atomic E-state index is 13.2. The maximum absolute atomic E-state index is 13.2. The zero-order valence-corrected chi connectivity index (χ0v) is 11.6. The SMILES string of the molecule is CC(NC1C(C)(C)C1(C)C)c1cc(F)cc(F)c1. The van der Waals surface area contributed by atoms with Crippen molar-refractivity contribution >= 4 is 0 Å². The van der Waals surface area contributed by atoms with Crippen LogP contribution in [0.25, 0.3) is 0 Å². The molecular formula is C15H21F2N. The fourth-order valence-corrected chi connectivity index (χ4v) is 2.78. The van der Waals surface area contributed by atoms with Gasteiger partial charge in [0, 0.05) is 18.2 Å². The van der Waals surface area contributed by atoms with Gasteiger partial charge in [-0.15, -0.1) is 0 Å². The summed E-state index contributed by atoms with van der Waals surface area (Å²) >= 11 is 0. The molecule has 0 amide bonds. The minimum atomic E-state index is -0.520. The van der Waals surface area contributed by atoms with Gasteiger partial charge in [-0.05, 0) is 35.4 Å². The third-order valence-corrected chi connectivity index (χ3v) is 4.82. The normalized spacial score (nSPS) is 22.8. The molecule has 0 aromatic heterocycles. The molecule has 1 aromatic rings. The van der Waals surface area contributed by atoms with E-state index in [1.54, 1.807) is 0 Å². The Balaban J connectivity index is 2.12. The monoisotopic (exact) mass is 253 g/mol. The molecule has 0 heterocycles. The van der Waals surface area contributed by atoms with Crippen LogP contribution in [0.2, 0.25) is 0 Å². The van der Waals surface area contributed by atoms with E-state index in [1.807, 2.05) is 6.92 Å². The van der Waals surface area contributed by atoms with Crippen LogP contribution in [-0.2, 0) is 0 Å². The number of benzene rings is 1. The summed E-state index contributed by atoms with van der Waals surface area (Å²) in [6, 6.07) is 4.00. The second-order valence-electron chi connectivity index (χ2n) is 6.47. The molecule has 0 saturated heterocycles. The van der Waals surface area contributed by atoms with Crippen molar-refractivity contribution < 1.29 is 8.78 Å². The number of hydrogen-bond acceptors (Lipinski definition) is 1. The van der Waals surface area contributed by atoms with E-state index in [4.69, 9.17) is 0 Å².